The van der Waals surface area contributed by atoms with E-state index in [2.05, 4.69) is 16.5 Å². The molecule has 0 bridgehead atoms. The molecular formula is C22H19FN4O3S. The largest absolute Gasteiger partial charge is 0.462 e. The molecule has 0 atom stereocenters. The van der Waals surface area contributed by atoms with Gasteiger partial charge in [-0.05, 0) is 62.9 Å². The van der Waals surface area contributed by atoms with E-state index in [-0.39, 0.29) is 33.6 Å². The number of halogens is 1. The standard InChI is InChI=1S/C22H19FN4O3S/c1-3-30-22(29)19-12(2)16(11-24)21(31-19)25-20(28)18-15-5-4-6-17(15)27(26-18)14-9-7-13(23)8-10-14/h7-10H,3-6H2,1-2H3,(H,25,28). The van der Waals surface area contributed by atoms with Crippen LogP contribution in [0, 0.1) is 24.1 Å². The van der Waals surface area contributed by atoms with Crippen LogP contribution in [-0.4, -0.2) is 28.3 Å². The Morgan fingerprint density at radius 2 is 2.06 bits per heavy atom. The molecule has 0 radical (unpaired) electrons. The van der Waals surface area contributed by atoms with E-state index in [0.717, 1.165) is 35.4 Å². The topological polar surface area (TPSA) is 97.0 Å². The van der Waals surface area contributed by atoms with E-state index in [1.807, 2.05) is 0 Å². The van der Waals surface area contributed by atoms with Gasteiger partial charge in [0.1, 0.15) is 21.8 Å². The molecule has 9 heteroatoms. The van der Waals surface area contributed by atoms with Crippen molar-refractivity contribution in [3.05, 3.63) is 63.0 Å². The lowest BCUT2D eigenvalue weighted by atomic mass is 10.1. The first-order valence-corrected chi connectivity index (χ1v) is 10.6. The highest BCUT2D eigenvalue weighted by Gasteiger charge is 2.29. The minimum atomic E-state index is -0.525. The lowest BCUT2D eigenvalue weighted by Crippen LogP contribution is -2.15. The first-order valence-electron chi connectivity index (χ1n) is 9.83. The van der Waals surface area contributed by atoms with Crippen LogP contribution < -0.4 is 5.32 Å². The molecule has 1 aliphatic rings. The molecule has 1 aromatic carbocycles. The maximum absolute atomic E-state index is 13.3. The van der Waals surface area contributed by atoms with Crippen molar-refractivity contribution in [1.29, 1.82) is 5.26 Å². The molecule has 0 fully saturated rings. The number of anilines is 1. The molecule has 1 N–H and O–H groups in total. The Labute approximate surface area is 182 Å². The van der Waals surface area contributed by atoms with E-state index in [1.54, 1.807) is 30.7 Å². The second-order valence-corrected chi connectivity index (χ2v) is 8.08. The average molecular weight is 438 g/mol. The van der Waals surface area contributed by atoms with Gasteiger partial charge in [0.15, 0.2) is 5.69 Å². The van der Waals surface area contributed by atoms with Gasteiger partial charge in [-0.25, -0.2) is 13.9 Å². The maximum atomic E-state index is 13.3. The number of aromatic nitrogens is 2. The third kappa shape index (κ3) is 3.70. The zero-order chi connectivity index (χ0) is 22.1. The third-order valence-electron chi connectivity index (χ3n) is 5.16. The summed E-state index contributed by atoms with van der Waals surface area (Å²) in [6.45, 7) is 3.57. The number of hydrogen-bond donors (Lipinski definition) is 1. The van der Waals surface area contributed by atoms with E-state index in [9.17, 15) is 19.2 Å². The van der Waals surface area contributed by atoms with Crippen molar-refractivity contribution < 1.29 is 18.7 Å². The van der Waals surface area contributed by atoms with Crippen molar-refractivity contribution in [2.24, 2.45) is 0 Å². The molecule has 2 heterocycles. The number of thiophene rings is 1. The van der Waals surface area contributed by atoms with Gasteiger partial charge in [0.2, 0.25) is 0 Å². The number of nitrogens with one attached hydrogen (secondary N) is 1. The van der Waals surface area contributed by atoms with E-state index >= 15 is 0 Å². The molecule has 0 saturated heterocycles. The number of esters is 1. The molecule has 1 aliphatic carbocycles. The lowest BCUT2D eigenvalue weighted by molar-refractivity contribution is 0.0531. The van der Waals surface area contributed by atoms with Crippen molar-refractivity contribution in [3.8, 4) is 11.8 Å². The third-order valence-corrected chi connectivity index (χ3v) is 6.35. The fourth-order valence-corrected chi connectivity index (χ4v) is 4.75. The van der Waals surface area contributed by atoms with Gasteiger partial charge in [0.25, 0.3) is 5.91 Å². The van der Waals surface area contributed by atoms with Gasteiger partial charge in [-0.1, -0.05) is 0 Å². The van der Waals surface area contributed by atoms with Gasteiger partial charge < -0.3 is 10.1 Å². The second kappa shape index (κ2) is 8.32. The van der Waals surface area contributed by atoms with E-state index in [4.69, 9.17) is 4.74 Å². The van der Waals surface area contributed by atoms with Gasteiger partial charge in [0, 0.05) is 11.3 Å². The summed E-state index contributed by atoms with van der Waals surface area (Å²) in [5.41, 5.74) is 3.42. The molecule has 1 amide bonds. The van der Waals surface area contributed by atoms with Crippen LogP contribution in [0.5, 0.6) is 0 Å². The van der Waals surface area contributed by atoms with Crippen LogP contribution in [0.2, 0.25) is 0 Å². The molecule has 0 aliphatic heterocycles. The minimum absolute atomic E-state index is 0.215. The zero-order valence-corrected chi connectivity index (χ0v) is 17.8. The number of fused-ring (bicyclic) bond motifs is 1. The second-order valence-electron chi connectivity index (χ2n) is 7.06. The van der Waals surface area contributed by atoms with Gasteiger partial charge in [-0.15, -0.1) is 11.3 Å². The van der Waals surface area contributed by atoms with E-state index < -0.39 is 11.9 Å². The first-order chi connectivity index (χ1) is 14.9. The molecule has 0 saturated carbocycles. The maximum Gasteiger partial charge on any atom is 0.348 e. The summed E-state index contributed by atoms with van der Waals surface area (Å²) in [6.07, 6.45) is 2.37. The number of carbonyl (C=O) groups is 2. The minimum Gasteiger partial charge on any atom is -0.462 e. The SMILES string of the molecule is CCOC(=O)c1sc(NC(=O)c2nn(-c3ccc(F)cc3)c3c2CCC3)c(C#N)c1C. The van der Waals surface area contributed by atoms with Crippen molar-refractivity contribution in [3.63, 3.8) is 0 Å². The molecule has 4 rings (SSSR count). The predicted molar refractivity (Wildman–Crippen MR) is 113 cm³/mol. The van der Waals surface area contributed by atoms with Gasteiger partial charge >= 0.3 is 5.97 Å². The Hall–Kier alpha value is -3.51. The van der Waals surface area contributed by atoms with Crippen molar-refractivity contribution in [1.82, 2.24) is 9.78 Å². The van der Waals surface area contributed by atoms with Crippen LogP contribution in [-0.2, 0) is 17.6 Å². The molecule has 3 aromatic rings. The van der Waals surface area contributed by atoms with E-state index in [0.29, 0.717) is 17.7 Å². The fraction of sp³-hybridized carbons (Fsp3) is 0.273. The Morgan fingerprint density at radius 1 is 1.32 bits per heavy atom. The van der Waals surface area contributed by atoms with Gasteiger partial charge in [0.05, 0.1) is 17.9 Å². The number of ether oxygens (including phenoxy) is 1. The van der Waals surface area contributed by atoms with Crippen LogP contribution in [0.3, 0.4) is 0 Å². The van der Waals surface area contributed by atoms with Gasteiger partial charge in [-0.3, -0.25) is 4.79 Å². The Balaban J connectivity index is 1.68. The number of nitrogens with zero attached hydrogens (tertiary/aromatic N) is 3. The molecule has 158 valence electrons. The monoisotopic (exact) mass is 438 g/mol. The summed E-state index contributed by atoms with van der Waals surface area (Å²) < 4.78 is 20.0. The molecule has 31 heavy (non-hydrogen) atoms. The summed E-state index contributed by atoms with van der Waals surface area (Å²) in [6, 6.07) is 7.98. The van der Waals surface area contributed by atoms with Crippen LogP contribution in [0.25, 0.3) is 5.69 Å². The molecule has 0 unspecified atom stereocenters. The normalized spacial score (nSPS) is 12.3. The molecule has 0 spiro atoms. The number of carbonyl (C=O) groups excluding carboxylic acids is 2. The van der Waals surface area contributed by atoms with Gasteiger partial charge in [-0.2, -0.15) is 10.4 Å². The summed E-state index contributed by atoms with van der Waals surface area (Å²) >= 11 is 1.01. The molecule has 7 nitrogen and oxygen atoms in total. The Bertz CT molecular complexity index is 1220. The predicted octanol–water partition coefficient (Wildman–Crippen LogP) is 4.17. The summed E-state index contributed by atoms with van der Waals surface area (Å²) in [4.78, 5) is 25.5. The molecule has 2 aromatic heterocycles. The summed E-state index contributed by atoms with van der Waals surface area (Å²) in [5.74, 6) is -1.32. The number of rotatable bonds is 5. The Kier molecular flexibility index (Phi) is 5.57. The highest BCUT2D eigenvalue weighted by Crippen LogP contribution is 2.34. The fourth-order valence-electron chi connectivity index (χ4n) is 3.71. The van der Waals surface area contributed by atoms with Crippen LogP contribution in [0.15, 0.2) is 24.3 Å². The lowest BCUT2D eigenvalue weighted by Gasteiger charge is -2.05. The summed E-state index contributed by atoms with van der Waals surface area (Å²) in [5, 5.41) is 17.1. The Morgan fingerprint density at radius 3 is 2.74 bits per heavy atom. The molecular weight excluding hydrogens is 419 g/mol. The van der Waals surface area contributed by atoms with Crippen molar-refractivity contribution in [2.45, 2.75) is 33.1 Å². The smallest absolute Gasteiger partial charge is 0.348 e. The quantitative estimate of drug-likeness (QED) is 0.603. The van der Waals surface area contributed by atoms with Crippen LogP contribution >= 0.6 is 11.3 Å². The number of nitriles is 1. The summed E-state index contributed by atoms with van der Waals surface area (Å²) in [7, 11) is 0. The first kappa shape index (κ1) is 20.8. The number of amides is 1. The zero-order valence-electron chi connectivity index (χ0n) is 17.0. The number of hydrogen-bond acceptors (Lipinski definition) is 6. The number of benzene rings is 1. The van der Waals surface area contributed by atoms with Crippen LogP contribution in [0.1, 0.15) is 55.9 Å². The van der Waals surface area contributed by atoms with Crippen molar-refractivity contribution >= 4 is 28.2 Å². The average Bonchev–Trinajstić information content (AvgIpc) is 3.43. The van der Waals surface area contributed by atoms with E-state index in [1.165, 1.54) is 12.1 Å². The van der Waals surface area contributed by atoms with Crippen LogP contribution in [0.4, 0.5) is 9.39 Å². The highest BCUT2D eigenvalue weighted by atomic mass is 32.1. The highest BCUT2D eigenvalue weighted by molar-refractivity contribution is 7.18. The van der Waals surface area contributed by atoms with Crippen molar-refractivity contribution in [2.75, 3.05) is 11.9 Å².